The Morgan fingerprint density at radius 2 is 1.81 bits per heavy atom. The summed E-state index contributed by atoms with van der Waals surface area (Å²) < 4.78 is 36.2. The van der Waals surface area contributed by atoms with E-state index >= 15 is 0 Å². The maximum Gasteiger partial charge on any atom is 0.251 e. The van der Waals surface area contributed by atoms with Gasteiger partial charge in [0.1, 0.15) is 11.9 Å². The Balaban J connectivity index is 1.46. The average molecular weight is 600 g/mol. The third kappa shape index (κ3) is 7.22. The van der Waals surface area contributed by atoms with Crippen LogP contribution in [0.1, 0.15) is 76.6 Å². The number of aromatic nitrogens is 2. The first-order valence-electron chi connectivity index (χ1n) is 14.7. The van der Waals surface area contributed by atoms with Crippen molar-refractivity contribution >= 4 is 21.5 Å². The van der Waals surface area contributed by atoms with E-state index in [2.05, 4.69) is 24.1 Å². The number of ketones is 1. The Morgan fingerprint density at radius 1 is 1.05 bits per heavy atom. The van der Waals surface area contributed by atoms with E-state index in [9.17, 15) is 18.0 Å². The van der Waals surface area contributed by atoms with E-state index in [1.807, 2.05) is 41.1 Å². The maximum atomic E-state index is 13.8. The molecule has 8 nitrogen and oxygen atoms in total. The van der Waals surface area contributed by atoms with Gasteiger partial charge >= 0.3 is 0 Å². The zero-order chi connectivity index (χ0) is 30.4. The molecule has 3 aromatic carbocycles. The zero-order valence-corrected chi connectivity index (χ0v) is 25.3. The normalized spacial score (nSPS) is 14.5. The largest absolute Gasteiger partial charge is 0.484 e. The summed E-state index contributed by atoms with van der Waals surface area (Å²) in [5.41, 5.74) is 3.13. The first kappa shape index (κ1) is 30.2. The number of sulfone groups is 1. The molecule has 4 aromatic rings. The van der Waals surface area contributed by atoms with Gasteiger partial charge in [0.25, 0.3) is 5.91 Å². The summed E-state index contributed by atoms with van der Waals surface area (Å²) in [5, 5.41) is 2.90. The maximum absolute atomic E-state index is 13.8. The lowest BCUT2D eigenvalue weighted by Crippen LogP contribution is -2.28. The molecule has 43 heavy (non-hydrogen) atoms. The predicted octanol–water partition coefficient (Wildman–Crippen LogP) is 5.97. The number of benzene rings is 3. The predicted molar refractivity (Wildman–Crippen MR) is 165 cm³/mol. The monoisotopic (exact) mass is 599 g/mol. The number of nitrogens with zero attached hydrogens (tertiary/aromatic N) is 2. The molecule has 224 valence electrons. The number of rotatable bonds is 12. The third-order valence-electron chi connectivity index (χ3n) is 8.01. The molecule has 5 rings (SSSR count). The first-order chi connectivity index (χ1) is 20.7. The smallest absolute Gasteiger partial charge is 0.251 e. The third-order valence-corrected chi connectivity index (χ3v) is 9.67. The fourth-order valence-corrected chi connectivity index (χ4v) is 6.68. The quantitative estimate of drug-likeness (QED) is 0.215. The van der Waals surface area contributed by atoms with Gasteiger partial charge < -0.3 is 14.6 Å². The molecule has 1 heterocycles. The van der Waals surface area contributed by atoms with Crippen LogP contribution in [-0.2, 0) is 28.6 Å². The number of carbonyl (C=O) groups excluding carboxylic acids is 2. The molecule has 0 fully saturated rings. The number of carbonyl (C=O) groups is 2. The Morgan fingerprint density at radius 3 is 2.51 bits per heavy atom. The molecular formula is C34H37N3O5S. The summed E-state index contributed by atoms with van der Waals surface area (Å²) in [5.74, 6) is 0.236. The van der Waals surface area contributed by atoms with Crippen LogP contribution in [0.15, 0.2) is 90.3 Å². The minimum atomic E-state index is -3.85. The minimum Gasteiger partial charge on any atom is -0.484 e. The Labute approximate surface area is 253 Å². The van der Waals surface area contributed by atoms with Gasteiger partial charge in [0.2, 0.25) is 0 Å². The van der Waals surface area contributed by atoms with Crippen LogP contribution >= 0.6 is 0 Å². The summed E-state index contributed by atoms with van der Waals surface area (Å²) in [6.45, 7) is 5.14. The second-order valence-corrected chi connectivity index (χ2v) is 13.1. The number of Topliss-reactive ketones (excluding diaryl/α,β-unsaturated/α-hetero) is 1. The number of hydrogen-bond acceptors (Lipinski definition) is 6. The molecule has 1 aliphatic rings. The summed E-state index contributed by atoms with van der Waals surface area (Å²) in [6, 6.07) is 19.3. The molecule has 1 aliphatic carbocycles. The van der Waals surface area contributed by atoms with Gasteiger partial charge in [0.05, 0.1) is 23.5 Å². The lowest BCUT2D eigenvalue weighted by Gasteiger charge is -2.25. The van der Waals surface area contributed by atoms with Gasteiger partial charge in [-0.15, -0.1) is 0 Å². The summed E-state index contributed by atoms with van der Waals surface area (Å²) in [7, 11) is -3.85. The second-order valence-electron chi connectivity index (χ2n) is 11.1. The molecule has 0 saturated heterocycles. The van der Waals surface area contributed by atoms with Gasteiger partial charge in [-0.25, -0.2) is 13.4 Å². The fourth-order valence-electron chi connectivity index (χ4n) is 5.27. The number of imidazole rings is 1. The van der Waals surface area contributed by atoms with Gasteiger partial charge in [-0.05, 0) is 66.3 Å². The minimum absolute atomic E-state index is 0.0113. The molecule has 0 aliphatic heterocycles. The second kappa shape index (κ2) is 13.4. The number of fused-ring (bicyclic) bond motifs is 1. The zero-order valence-electron chi connectivity index (χ0n) is 24.5. The highest BCUT2D eigenvalue weighted by molar-refractivity contribution is 7.90. The molecule has 1 aromatic heterocycles. The van der Waals surface area contributed by atoms with E-state index in [0.717, 1.165) is 17.5 Å². The Kier molecular flexibility index (Phi) is 9.40. The van der Waals surface area contributed by atoms with Crippen molar-refractivity contribution in [3.8, 4) is 5.75 Å². The van der Waals surface area contributed by atoms with E-state index in [-0.39, 0.29) is 22.3 Å². The van der Waals surface area contributed by atoms with Gasteiger partial charge in [-0.1, -0.05) is 50.6 Å². The lowest BCUT2D eigenvalue weighted by molar-refractivity contribution is 0.0945. The fraction of sp³-hybridized carbons (Fsp3) is 0.324. The van der Waals surface area contributed by atoms with Crippen molar-refractivity contribution < 1.29 is 22.7 Å². The molecule has 0 saturated carbocycles. The number of hydrogen-bond donors (Lipinski definition) is 1. The van der Waals surface area contributed by atoms with Crippen LogP contribution in [-0.4, -0.2) is 36.2 Å². The average Bonchev–Trinajstić information content (AvgIpc) is 3.54. The van der Waals surface area contributed by atoms with Crippen molar-refractivity contribution in [2.75, 3.05) is 6.54 Å². The highest BCUT2D eigenvalue weighted by atomic mass is 32.2. The highest BCUT2D eigenvalue weighted by Gasteiger charge is 2.28. The molecular weight excluding hydrogens is 562 g/mol. The standard InChI is InChI=1S/C34H37N3O5S/c1-3-24(2)20-36-34(39)26-12-14-27(15-13-26)43(40,41)22-30-28-10-7-11-31(38)29(28)16-17-32(30)42-33(21-37-19-18-35-23-37)25-8-5-4-6-9-25/h4-6,8-9,12-19,23-24,33H,3,7,10-11,20-22H2,1-2H3,(H,36,39)/t24-,33+/m0/s1. The SMILES string of the molecule is CC[C@H](C)CNC(=O)c1ccc(S(=O)(=O)Cc2c(O[C@H](Cn3ccnc3)c3ccccc3)ccc3c2CCCC3=O)cc1. The van der Waals surface area contributed by atoms with E-state index < -0.39 is 15.9 Å². The molecule has 0 bridgehead atoms. The van der Waals surface area contributed by atoms with Gasteiger partial charge in [0, 0.05) is 42.0 Å². The molecule has 1 amide bonds. The van der Waals surface area contributed by atoms with Gasteiger partial charge in [-0.2, -0.15) is 0 Å². The summed E-state index contributed by atoms with van der Waals surface area (Å²) in [4.78, 5) is 29.6. The van der Waals surface area contributed by atoms with Crippen LogP contribution in [0.2, 0.25) is 0 Å². The van der Waals surface area contributed by atoms with Crippen LogP contribution in [0, 0.1) is 5.92 Å². The van der Waals surface area contributed by atoms with Gasteiger partial charge in [-0.3, -0.25) is 9.59 Å². The molecule has 9 heteroatoms. The van der Waals surface area contributed by atoms with Crippen molar-refractivity contribution in [2.45, 2.75) is 62.8 Å². The molecule has 1 N–H and O–H groups in total. The topological polar surface area (TPSA) is 107 Å². The van der Waals surface area contributed by atoms with Crippen LogP contribution in [0.4, 0.5) is 0 Å². The van der Waals surface area contributed by atoms with E-state index in [1.165, 1.54) is 24.3 Å². The van der Waals surface area contributed by atoms with Crippen LogP contribution in [0.5, 0.6) is 5.75 Å². The van der Waals surface area contributed by atoms with Crippen LogP contribution < -0.4 is 10.1 Å². The van der Waals surface area contributed by atoms with Crippen LogP contribution in [0.25, 0.3) is 0 Å². The van der Waals surface area contributed by atoms with Crippen LogP contribution in [0.3, 0.4) is 0 Å². The molecule has 0 spiro atoms. The Hall–Kier alpha value is -4.24. The van der Waals surface area contributed by atoms with Crippen molar-refractivity contribution in [3.63, 3.8) is 0 Å². The Bertz CT molecular complexity index is 1670. The summed E-state index contributed by atoms with van der Waals surface area (Å²) >= 11 is 0. The summed E-state index contributed by atoms with van der Waals surface area (Å²) in [6.07, 6.45) is 7.47. The van der Waals surface area contributed by atoms with E-state index in [0.29, 0.717) is 60.7 Å². The number of ether oxygens (including phenoxy) is 1. The molecule has 0 unspecified atom stereocenters. The first-order valence-corrected chi connectivity index (χ1v) is 16.4. The number of amides is 1. The van der Waals surface area contributed by atoms with E-state index in [1.54, 1.807) is 24.7 Å². The van der Waals surface area contributed by atoms with Crippen molar-refractivity contribution in [1.82, 2.24) is 14.9 Å². The molecule has 2 atom stereocenters. The number of nitrogens with one attached hydrogen (secondary N) is 1. The van der Waals surface area contributed by atoms with Crippen molar-refractivity contribution in [2.24, 2.45) is 5.92 Å². The van der Waals surface area contributed by atoms with Crippen molar-refractivity contribution in [1.29, 1.82) is 0 Å². The van der Waals surface area contributed by atoms with E-state index in [4.69, 9.17) is 4.74 Å². The highest BCUT2D eigenvalue weighted by Crippen LogP contribution is 2.36. The lowest BCUT2D eigenvalue weighted by atomic mass is 9.87. The molecule has 0 radical (unpaired) electrons. The van der Waals surface area contributed by atoms with Gasteiger partial charge in [0.15, 0.2) is 15.6 Å². The van der Waals surface area contributed by atoms with Crippen molar-refractivity contribution in [3.05, 3.63) is 113 Å².